The van der Waals surface area contributed by atoms with Crippen molar-refractivity contribution in [1.29, 1.82) is 0 Å². The number of methoxy groups -OCH3 is 1. The number of hydrogen-bond donors (Lipinski definition) is 1. The van der Waals surface area contributed by atoms with Crippen molar-refractivity contribution in [2.75, 3.05) is 26.7 Å². The quantitative estimate of drug-likeness (QED) is 0.754. The zero-order chi connectivity index (χ0) is 13.1. The van der Waals surface area contributed by atoms with Crippen LogP contribution in [0.1, 0.15) is 33.6 Å². The van der Waals surface area contributed by atoms with Crippen LogP contribution in [0.2, 0.25) is 0 Å². The fraction of sp³-hybridized carbons (Fsp3) is 0.923. The van der Waals surface area contributed by atoms with E-state index in [1.165, 1.54) is 13.5 Å². The van der Waals surface area contributed by atoms with Crippen molar-refractivity contribution in [3.63, 3.8) is 0 Å². The van der Waals surface area contributed by atoms with Crippen molar-refractivity contribution < 1.29 is 9.53 Å². The van der Waals surface area contributed by atoms with Crippen LogP contribution in [0.25, 0.3) is 0 Å². The predicted octanol–water partition coefficient (Wildman–Crippen LogP) is 1.24. The molecule has 0 radical (unpaired) electrons. The van der Waals surface area contributed by atoms with E-state index in [1.54, 1.807) is 0 Å². The van der Waals surface area contributed by atoms with E-state index in [9.17, 15) is 4.79 Å². The fourth-order valence-electron chi connectivity index (χ4n) is 2.33. The van der Waals surface area contributed by atoms with E-state index in [0.29, 0.717) is 11.8 Å². The Morgan fingerprint density at radius 2 is 2.18 bits per heavy atom. The molecule has 1 heterocycles. The van der Waals surface area contributed by atoms with Gasteiger partial charge in [0.05, 0.1) is 7.11 Å². The van der Waals surface area contributed by atoms with Gasteiger partial charge in [0.15, 0.2) is 0 Å². The van der Waals surface area contributed by atoms with Crippen LogP contribution in [-0.2, 0) is 9.53 Å². The Kier molecular flexibility index (Phi) is 4.95. The maximum atomic E-state index is 11.2. The first-order valence-corrected chi connectivity index (χ1v) is 6.40. The summed E-state index contributed by atoms with van der Waals surface area (Å²) in [5.41, 5.74) is 6.10. The topological polar surface area (TPSA) is 55.6 Å². The summed E-state index contributed by atoms with van der Waals surface area (Å²) in [6.45, 7) is 10.0. The highest BCUT2D eigenvalue weighted by Gasteiger charge is 2.31. The molecule has 0 bridgehead atoms. The van der Waals surface area contributed by atoms with Gasteiger partial charge in [-0.15, -0.1) is 0 Å². The van der Waals surface area contributed by atoms with Gasteiger partial charge in [0, 0.05) is 13.1 Å². The smallest absolute Gasteiger partial charge is 0.322 e. The first kappa shape index (κ1) is 14.5. The molecule has 1 saturated heterocycles. The van der Waals surface area contributed by atoms with Gasteiger partial charge < -0.3 is 15.4 Å². The second kappa shape index (κ2) is 5.83. The molecule has 1 fully saturated rings. The zero-order valence-electron chi connectivity index (χ0n) is 11.5. The SMILES string of the molecule is COC(=O)C(N)CCN1CCC(C(C)(C)C)C1. The lowest BCUT2D eigenvalue weighted by atomic mass is 9.80. The van der Waals surface area contributed by atoms with Crippen LogP contribution in [-0.4, -0.2) is 43.7 Å². The summed E-state index contributed by atoms with van der Waals surface area (Å²) in [6.07, 6.45) is 1.93. The Labute approximate surface area is 104 Å². The number of nitrogens with zero attached hydrogens (tertiary/aromatic N) is 1. The number of hydrogen-bond acceptors (Lipinski definition) is 4. The van der Waals surface area contributed by atoms with Gasteiger partial charge in [-0.3, -0.25) is 4.79 Å². The Hall–Kier alpha value is -0.610. The van der Waals surface area contributed by atoms with Gasteiger partial charge in [-0.1, -0.05) is 20.8 Å². The van der Waals surface area contributed by atoms with Crippen LogP contribution < -0.4 is 5.73 Å². The number of esters is 1. The molecule has 100 valence electrons. The van der Waals surface area contributed by atoms with Gasteiger partial charge in [-0.25, -0.2) is 0 Å². The van der Waals surface area contributed by atoms with Crippen molar-refractivity contribution in [3.8, 4) is 0 Å². The summed E-state index contributed by atoms with van der Waals surface area (Å²) in [7, 11) is 1.38. The van der Waals surface area contributed by atoms with Crippen molar-refractivity contribution >= 4 is 5.97 Å². The highest BCUT2D eigenvalue weighted by molar-refractivity contribution is 5.75. The zero-order valence-corrected chi connectivity index (χ0v) is 11.5. The van der Waals surface area contributed by atoms with Crippen LogP contribution in [0, 0.1) is 11.3 Å². The number of carbonyl (C=O) groups excluding carboxylic acids is 1. The Bertz CT molecular complexity index is 261. The number of likely N-dealkylation sites (tertiary alicyclic amines) is 1. The molecule has 1 aliphatic heterocycles. The first-order chi connectivity index (χ1) is 7.84. The average Bonchev–Trinajstić information content (AvgIpc) is 2.72. The molecule has 0 amide bonds. The number of rotatable bonds is 4. The molecule has 2 unspecified atom stereocenters. The lowest BCUT2D eigenvalue weighted by Gasteiger charge is -2.27. The van der Waals surface area contributed by atoms with Gasteiger partial charge in [-0.2, -0.15) is 0 Å². The molecular weight excluding hydrogens is 216 g/mol. The Morgan fingerprint density at radius 3 is 2.65 bits per heavy atom. The standard InChI is InChI=1S/C13H26N2O2/c1-13(2,3)10-5-7-15(9-10)8-6-11(14)12(16)17-4/h10-11H,5-9,14H2,1-4H3. The molecule has 4 nitrogen and oxygen atoms in total. The molecule has 1 rings (SSSR count). The van der Waals surface area contributed by atoms with E-state index in [1.807, 2.05) is 0 Å². The molecule has 0 aromatic rings. The van der Waals surface area contributed by atoms with Crippen molar-refractivity contribution in [1.82, 2.24) is 4.90 Å². The Balaban J connectivity index is 2.29. The number of ether oxygens (including phenoxy) is 1. The minimum absolute atomic E-state index is 0.309. The van der Waals surface area contributed by atoms with E-state index in [2.05, 4.69) is 30.4 Å². The van der Waals surface area contributed by atoms with Gasteiger partial charge >= 0.3 is 5.97 Å². The maximum Gasteiger partial charge on any atom is 0.322 e. The number of carbonyl (C=O) groups is 1. The average molecular weight is 242 g/mol. The molecule has 0 aromatic heterocycles. The van der Waals surface area contributed by atoms with E-state index >= 15 is 0 Å². The molecule has 1 aliphatic rings. The van der Waals surface area contributed by atoms with Crippen LogP contribution in [0.4, 0.5) is 0 Å². The highest BCUT2D eigenvalue weighted by atomic mass is 16.5. The molecular formula is C13H26N2O2. The molecule has 2 N–H and O–H groups in total. The minimum atomic E-state index is -0.478. The van der Waals surface area contributed by atoms with E-state index in [0.717, 1.165) is 25.6 Å². The van der Waals surface area contributed by atoms with Gasteiger partial charge in [0.25, 0.3) is 0 Å². The second-order valence-corrected chi connectivity index (χ2v) is 6.07. The van der Waals surface area contributed by atoms with E-state index < -0.39 is 6.04 Å². The van der Waals surface area contributed by atoms with E-state index in [4.69, 9.17) is 5.73 Å². The minimum Gasteiger partial charge on any atom is -0.468 e. The second-order valence-electron chi connectivity index (χ2n) is 6.07. The number of nitrogens with two attached hydrogens (primary N) is 1. The van der Waals surface area contributed by atoms with Gasteiger partial charge in [0.2, 0.25) is 0 Å². The summed E-state index contributed by atoms with van der Waals surface area (Å²) in [5.74, 6) is 0.438. The molecule has 0 spiro atoms. The summed E-state index contributed by atoms with van der Waals surface area (Å²) in [4.78, 5) is 13.6. The molecule has 0 aromatic carbocycles. The fourth-order valence-corrected chi connectivity index (χ4v) is 2.33. The monoisotopic (exact) mass is 242 g/mol. The van der Waals surface area contributed by atoms with Crippen molar-refractivity contribution in [2.24, 2.45) is 17.1 Å². The normalized spacial score (nSPS) is 23.7. The largest absolute Gasteiger partial charge is 0.468 e. The Morgan fingerprint density at radius 1 is 1.53 bits per heavy atom. The molecule has 0 aliphatic carbocycles. The third kappa shape index (κ3) is 4.28. The lowest BCUT2D eigenvalue weighted by Crippen LogP contribution is -2.36. The van der Waals surface area contributed by atoms with Gasteiger partial charge in [0.1, 0.15) is 6.04 Å². The lowest BCUT2D eigenvalue weighted by molar-refractivity contribution is -0.142. The molecule has 17 heavy (non-hydrogen) atoms. The molecule has 2 atom stereocenters. The first-order valence-electron chi connectivity index (χ1n) is 6.40. The summed E-state index contributed by atoms with van der Waals surface area (Å²) < 4.78 is 4.62. The van der Waals surface area contributed by atoms with Crippen LogP contribution in [0.5, 0.6) is 0 Å². The van der Waals surface area contributed by atoms with Crippen LogP contribution >= 0.6 is 0 Å². The highest BCUT2D eigenvalue weighted by Crippen LogP contribution is 2.33. The van der Waals surface area contributed by atoms with Crippen LogP contribution in [0.15, 0.2) is 0 Å². The molecule has 0 saturated carbocycles. The van der Waals surface area contributed by atoms with Gasteiger partial charge in [-0.05, 0) is 30.7 Å². The van der Waals surface area contributed by atoms with Crippen molar-refractivity contribution in [3.05, 3.63) is 0 Å². The maximum absolute atomic E-state index is 11.2. The predicted molar refractivity (Wildman–Crippen MR) is 68.6 cm³/mol. The van der Waals surface area contributed by atoms with Crippen LogP contribution in [0.3, 0.4) is 0 Å². The summed E-state index contributed by atoms with van der Waals surface area (Å²) >= 11 is 0. The summed E-state index contributed by atoms with van der Waals surface area (Å²) in [6, 6.07) is -0.478. The van der Waals surface area contributed by atoms with Crippen molar-refractivity contribution in [2.45, 2.75) is 39.7 Å². The third-order valence-corrected chi connectivity index (χ3v) is 3.76. The molecule has 4 heteroatoms. The third-order valence-electron chi connectivity index (χ3n) is 3.76. The summed E-state index contributed by atoms with van der Waals surface area (Å²) in [5, 5.41) is 0. The van der Waals surface area contributed by atoms with E-state index in [-0.39, 0.29) is 5.97 Å².